The van der Waals surface area contributed by atoms with Crippen LogP contribution in [-0.4, -0.2) is 39.1 Å². The van der Waals surface area contributed by atoms with E-state index < -0.39 is 7.67 Å². The largest absolute Gasteiger partial charge is 0.497 e. The standard InChI is InChI=1S/C15H21Cl2N2O5P/c1-21-12-7-11-8-13(24-15(11)14(9-12)22-2)10-23-25(20,18-5-3-16)19-6-4-17/h7-9H,3-6,10H2,1-2H3,(H2,18,19,20). The molecule has 0 fully saturated rings. The molecule has 10 heteroatoms. The van der Waals surface area contributed by atoms with Gasteiger partial charge in [-0.1, -0.05) is 0 Å². The van der Waals surface area contributed by atoms with Crippen LogP contribution in [0.15, 0.2) is 22.6 Å². The average molecular weight is 411 g/mol. The van der Waals surface area contributed by atoms with Gasteiger partial charge >= 0.3 is 7.67 Å². The molecule has 1 aromatic carbocycles. The molecule has 0 radical (unpaired) electrons. The van der Waals surface area contributed by atoms with Gasteiger partial charge in [-0.25, -0.2) is 10.2 Å². The second kappa shape index (κ2) is 9.67. The van der Waals surface area contributed by atoms with Gasteiger partial charge in [0.15, 0.2) is 11.3 Å². The van der Waals surface area contributed by atoms with Gasteiger partial charge < -0.3 is 13.9 Å². The highest BCUT2D eigenvalue weighted by atomic mass is 35.5. The topological polar surface area (TPSA) is 82.0 Å². The van der Waals surface area contributed by atoms with Gasteiger partial charge in [-0.3, -0.25) is 9.09 Å². The summed E-state index contributed by atoms with van der Waals surface area (Å²) in [6, 6.07) is 5.33. The van der Waals surface area contributed by atoms with Gasteiger partial charge in [0.25, 0.3) is 0 Å². The summed E-state index contributed by atoms with van der Waals surface area (Å²) in [7, 11) is -0.156. The minimum Gasteiger partial charge on any atom is -0.497 e. The lowest BCUT2D eigenvalue weighted by molar-refractivity contribution is 0.261. The number of nitrogens with one attached hydrogen (secondary N) is 2. The van der Waals surface area contributed by atoms with Crippen molar-refractivity contribution in [3.63, 3.8) is 0 Å². The third-order valence-corrected chi connectivity index (χ3v) is 5.43. The second-order valence-corrected chi connectivity index (χ2v) is 7.73. The molecule has 25 heavy (non-hydrogen) atoms. The van der Waals surface area contributed by atoms with Crippen LogP contribution in [0.5, 0.6) is 11.5 Å². The number of methoxy groups -OCH3 is 2. The highest BCUT2D eigenvalue weighted by Crippen LogP contribution is 2.39. The fraction of sp³-hybridized carbons (Fsp3) is 0.467. The molecular weight excluding hydrogens is 390 g/mol. The van der Waals surface area contributed by atoms with Crippen molar-refractivity contribution in [2.24, 2.45) is 0 Å². The summed E-state index contributed by atoms with van der Waals surface area (Å²) in [4.78, 5) is 0. The number of ether oxygens (including phenoxy) is 2. The number of hydrogen-bond acceptors (Lipinski definition) is 5. The molecule has 140 valence electrons. The van der Waals surface area contributed by atoms with E-state index in [0.717, 1.165) is 5.39 Å². The van der Waals surface area contributed by atoms with Crippen LogP contribution in [0.4, 0.5) is 0 Å². The number of rotatable bonds is 11. The van der Waals surface area contributed by atoms with Crippen LogP contribution in [0.3, 0.4) is 0 Å². The number of halogens is 2. The molecule has 1 aromatic heterocycles. The molecule has 0 aliphatic carbocycles. The maximum atomic E-state index is 12.7. The number of furan rings is 1. The average Bonchev–Trinajstić information content (AvgIpc) is 3.05. The quantitative estimate of drug-likeness (QED) is 0.431. The summed E-state index contributed by atoms with van der Waals surface area (Å²) >= 11 is 11.3. The first-order valence-electron chi connectivity index (χ1n) is 7.56. The van der Waals surface area contributed by atoms with Crippen molar-refractivity contribution < 1.29 is 23.0 Å². The Morgan fingerprint density at radius 3 is 2.32 bits per heavy atom. The molecule has 1 heterocycles. The maximum absolute atomic E-state index is 12.7. The molecular formula is C15H21Cl2N2O5P. The minimum atomic E-state index is -3.28. The summed E-state index contributed by atoms with van der Waals surface area (Å²) in [6.45, 7) is 0.667. The van der Waals surface area contributed by atoms with E-state index in [2.05, 4.69) is 10.2 Å². The Hall–Kier alpha value is -0.950. The molecule has 0 spiro atoms. The van der Waals surface area contributed by atoms with Crippen LogP contribution in [0.1, 0.15) is 5.76 Å². The highest BCUT2D eigenvalue weighted by molar-refractivity contribution is 7.54. The summed E-state index contributed by atoms with van der Waals surface area (Å²) in [5.41, 5.74) is 0.569. The van der Waals surface area contributed by atoms with Gasteiger partial charge in [-0.05, 0) is 12.1 Å². The van der Waals surface area contributed by atoms with E-state index in [1.807, 2.05) is 6.07 Å². The summed E-state index contributed by atoms with van der Waals surface area (Å²) in [5, 5.41) is 6.34. The van der Waals surface area contributed by atoms with Crippen molar-refractivity contribution in [3.8, 4) is 11.5 Å². The SMILES string of the molecule is COc1cc(OC)c2oc(COP(=O)(NCCCl)NCCCl)cc2c1. The van der Waals surface area contributed by atoms with Gasteiger partial charge in [0.05, 0.1) is 14.2 Å². The summed E-state index contributed by atoms with van der Waals surface area (Å²) in [6.07, 6.45) is 0. The molecule has 7 nitrogen and oxygen atoms in total. The Labute approximate surface area is 156 Å². The third-order valence-electron chi connectivity index (χ3n) is 3.28. The lowest BCUT2D eigenvalue weighted by Crippen LogP contribution is -2.26. The molecule has 0 saturated carbocycles. The van der Waals surface area contributed by atoms with E-state index in [-0.39, 0.29) is 6.61 Å². The number of fused-ring (bicyclic) bond motifs is 1. The summed E-state index contributed by atoms with van der Waals surface area (Å²) in [5.74, 6) is 2.30. The monoisotopic (exact) mass is 410 g/mol. The van der Waals surface area contributed by atoms with Gasteiger partial charge in [0.2, 0.25) is 0 Å². The van der Waals surface area contributed by atoms with E-state index >= 15 is 0 Å². The van der Waals surface area contributed by atoms with Gasteiger partial charge in [0.1, 0.15) is 18.1 Å². The number of hydrogen-bond donors (Lipinski definition) is 2. The normalized spacial score (nSPS) is 11.8. The number of alkyl halides is 2. The van der Waals surface area contributed by atoms with Crippen molar-refractivity contribution in [1.29, 1.82) is 0 Å². The lowest BCUT2D eigenvalue weighted by atomic mass is 10.2. The molecule has 2 aromatic rings. The molecule has 2 N–H and O–H groups in total. The predicted molar refractivity (Wildman–Crippen MR) is 99.2 cm³/mol. The van der Waals surface area contributed by atoms with E-state index in [4.69, 9.17) is 41.6 Å². The Morgan fingerprint density at radius 1 is 1.08 bits per heavy atom. The van der Waals surface area contributed by atoms with Crippen molar-refractivity contribution >= 4 is 41.8 Å². The Morgan fingerprint density at radius 2 is 1.76 bits per heavy atom. The van der Waals surface area contributed by atoms with Crippen LogP contribution >= 0.6 is 30.9 Å². The van der Waals surface area contributed by atoms with Gasteiger partial charge in [-0.2, -0.15) is 0 Å². The Balaban J connectivity index is 2.16. The second-order valence-electron chi connectivity index (χ2n) is 4.98. The zero-order valence-electron chi connectivity index (χ0n) is 14.0. The Kier molecular flexibility index (Phi) is 7.87. The fourth-order valence-corrected chi connectivity index (χ4v) is 4.04. The smallest absolute Gasteiger partial charge is 0.341 e. The molecule has 2 rings (SSSR count). The van der Waals surface area contributed by atoms with Crippen molar-refractivity contribution in [1.82, 2.24) is 10.2 Å². The highest BCUT2D eigenvalue weighted by Gasteiger charge is 2.23. The van der Waals surface area contributed by atoms with Crippen molar-refractivity contribution in [3.05, 3.63) is 24.0 Å². The van der Waals surface area contributed by atoms with Gasteiger partial charge in [0, 0.05) is 36.3 Å². The maximum Gasteiger partial charge on any atom is 0.341 e. The van der Waals surface area contributed by atoms with Crippen LogP contribution in [0.2, 0.25) is 0 Å². The van der Waals surface area contributed by atoms with Crippen molar-refractivity contribution in [2.45, 2.75) is 6.61 Å². The van der Waals surface area contributed by atoms with Crippen LogP contribution in [0.25, 0.3) is 11.0 Å². The van der Waals surface area contributed by atoms with Crippen LogP contribution in [0, 0.1) is 0 Å². The lowest BCUT2D eigenvalue weighted by Gasteiger charge is -2.19. The molecule has 0 aliphatic rings. The number of benzene rings is 1. The third kappa shape index (κ3) is 5.51. The van der Waals surface area contributed by atoms with E-state index in [1.54, 1.807) is 26.4 Å². The first-order chi connectivity index (χ1) is 12.0. The molecule has 0 amide bonds. The predicted octanol–water partition coefficient (Wildman–Crippen LogP) is 3.73. The van der Waals surface area contributed by atoms with Gasteiger partial charge in [-0.15, -0.1) is 23.2 Å². The van der Waals surface area contributed by atoms with E-state index in [0.29, 0.717) is 47.7 Å². The van der Waals surface area contributed by atoms with Crippen LogP contribution in [-0.2, 0) is 15.7 Å². The molecule has 0 bridgehead atoms. The molecule has 0 unspecified atom stereocenters. The van der Waals surface area contributed by atoms with Crippen molar-refractivity contribution in [2.75, 3.05) is 39.1 Å². The minimum absolute atomic E-state index is 0.00198. The van der Waals surface area contributed by atoms with Crippen LogP contribution < -0.4 is 19.6 Å². The zero-order valence-corrected chi connectivity index (χ0v) is 16.4. The van der Waals surface area contributed by atoms with E-state index in [1.165, 1.54) is 0 Å². The van der Waals surface area contributed by atoms with E-state index in [9.17, 15) is 4.57 Å². The first kappa shape index (κ1) is 20.4. The fourth-order valence-electron chi connectivity index (χ4n) is 2.17. The first-order valence-corrected chi connectivity index (χ1v) is 10.3. The summed E-state index contributed by atoms with van der Waals surface area (Å²) < 4.78 is 34.5. The molecule has 0 aliphatic heterocycles. The molecule has 0 atom stereocenters. The Bertz CT molecular complexity index is 728. The zero-order chi connectivity index (χ0) is 18.3. The molecule has 0 saturated heterocycles.